The van der Waals surface area contributed by atoms with Gasteiger partial charge in [0.1, 0.15) is 17.1 Å². The number of hydrogen-bond donors (Lipinski definition) is 2. The summed E-state index contributed by atoms with van der Waals surface area (Å²) in [7, 11) is -2.22. The number of aryl methyl sites for hydroxylation is 2. The van der Waals surface area contributed by atoms with Crippen LogP contribution in [0.3, 0.4) is 0 Å². The van der Waals surface area contributed by atoms with Gasteiger partial charge in [0, 0.05) is 18.5 Å². The van der Waals surface area contributed by atoms with Crippen molar-refractivity contribution < 1.29 is 23.0 Å². The zero-order valence-corrected chi connectivity index (χ0v) is 15.9. The lowest BCUT2D eigenvalue weighted by Crippen LogP contribution is -2.43. The van der Waals surface area contributed by atoms with Crippen LogP contribution < -0.4 is 14.2 Å². The lowest BCUT2D eigenvalue weighted by Gasteiger charge is -2.34. The van der Waals surface area contributed by atoms with Gasteiger partial charge in [-0.3, -0.25) is 0 Å². The fraction of sp³-hybridized carbons (Fsp3) is 0.368. The summed E-state index contributed by atoms with van der Waals surface area (Å²) in [4.78, 5) is 0.150. The zero-order valence-electron chi connectivity index (χ0n) is 15.1. The Balaban J connectivity index is 1.86. The number of hydrogen-bond acceptors (Lipinski definition) is 5. The van der Waals surface area contributed by atoms with Crippen molar-refractivity contribution in [3.8, 4) is 11.5 Å². The monoisotopic (exact) mass is 377 g/mol. The predicted octanol–water partition coefficient (Wildman–Crippen LogP) is 2.26. The number of fused-ring (bicyclic) bond motifs is 1. The van der Waals surface area contributed by atoms with Crippen LogP contribution >= 0.6 is 0 Å². The van der Waals surface area contributed by atoms with Gasteiger partial charge in [-0.1, -0.05) is 18.2 Å². The summed E-state index contributed by atoms with van der Waals surface area (Å²) < 4.78 is 38.8. The molecule has 26 heavy (non-hydrogen) atoms. The van der Waals surface area contributed by atoms with Crippen molar-refractivity contribution in [1.82, 2.24) is 4.72 Å². The number of sulfonamides is 1. The first-order chi connectivity index (χ1) is 12.3. The number of benzene rings is 2. The van der Waals surface area contributed by atoms with E-state index in [0.29, 0.717) is 30.1 Å². The molecular formula is C19H23NO5S. The molecule has 0 amide bonds. The Hall–Kier alpha value is -2.09. The van der Waals surface area contributed by atoms with Crippen LogP contribution in [-0.4, -0.2) is 33.8 Å². The van der Waals surface area contributed by atoms with Gasteiger partial charge in [-0.25, -0.2) is 13.1 Å². The van der Waals surface area contributed by atoms with Gasteiger partial charge in [-0.2, -0.15) is 0 Å². The molecule has 0 saturated carbocycles. The highest BCUT2D eigenvalue weighted by molar-refractivity contribution is 7.89. The van der Waals surface area contributed by atoms with Crippen LogP contribution in [0.2, 0.25) is 0 Å². The van der Waals surface area contributed by atoms with Crippen LogP contribution in [0, 0.1) is 13.8 Å². The first kappa shape index (κ1) is 18.7. The van der Waals surface area contributed by atoms with Gasteiger partial charge in [0.25, 0.3) is 0 Å². The van der Waals surface area contributed by atoms with Crippen molar-refractivity contribution in [3.05, 3.63) is 53.1 Å². The van der Waals surface area contributed by atoms with Crippen LogP contribution in [0.4, 0.5) is 0 Å². The predicted molar refractivity (Wildman–Crippen MR) is 98.1 cm³/mol. The first-order valence-electron chi connectivity index (χ1n) is 8.36. The Morgan fingerprint density at radius 2 is 1.88 bits per heavy atom. The third-order valence-electron chi connectivity index (χ3n) is 4.66. The molecule has 1 unspecified atom stereocenters. The quantitative estimate of drug-likeness (QED) is 0.835. The SMILES string of the molecule is COc1c(C)cc(S(=O)(=O)NCC2(O)CCOc3ccccc32)cc1C. The highest BCUT2D eigenvalue weighted by Gasteiger charge is 2.36. The summed E-state index contributed by atoms with van der Waals surface area (Å²) in [6, 6.07) is 10.3. The van der Waals surface area contributed by atoms with E-state index >= 15 is 0 Å². The van der Waals surface area contributed by atoms with E-state index < -0.39 is 15.6 Å². The third-order valence-corrected chi connectivity index (χ3v) is 6.05. The Morgan fingerprint density at radius 1 is 1.23 bits per heavy atom. The topological polar surface area (TPSA) is 84.9 Å². The van der Waals surface area contributed by atoms with Crippen molar-refractivity contribution in [2.75, 3.05) is 20.3 Å². The van der Waals surface area contributed by atoms with E-state index in [1.54, 1.807) is 51.3 Å². The molecule has 2 N–H and O–H groups in total. The van der Waals surface area contributed by atoms with Crippen molar-refractivity contribution in [1.29, 1.82) is 0 Å². The molecule has 0 radical (unpaired) electrons. The average molecular weight is 377 g/mol. The van der Waals surface area contributed by atoms with Gasteiger partial charge in [0.05, 0.1) is 18.6 Å². The van der Waals surface area contributed by atoms with Crippen LogP contribution in [0.15, 0.2) is 41.3 Å². The number of ether oxygens (including phenoxy) is 2. The molecule has 0 bridgehead atoms. The Bertz CT molecular complexity index is 902. The number of para-hydroxylation sites is 1. The number of rotatable bonds is 5. The largest absolute Gasteiger partial charge is 0.496 e. The molecule has 0 saturated heterocycles. The summed E-state index contributed by atoms with van der Waals surface area (Å²) in [6.45, 7) is 3.80. The summed E-state index contributed by atoms with van der Waals surface area (Å²) in [6.07, 6.45) is 0.313. The maximum absolute atomic E-state index is 12.7. The highest BCUT2D eigenvalue weighted by atomic mass is 32.2. The third kappa shape index (κ3) is 3.42. The lowest BCUT2D eigenvalue weighted by molar-refractivity contribution is 0.00219. The molecule has 1 aliphatic rings. The van der Waals surface area contributed by atoms with Crippen molar-refractivity contribution >= 4 is 10.0 Å². The van der Waals surface area contributed by atoms with E-state index in [9.17, 15) is 13.5 Å². The standard InChI is InChI=1S/C19H23NO5S/c1-13-10-15(11-14(2)18(13)24-3)26(22,23)20-12-19(21)8-9-25-17-7-5-4-6-16(17)19/h4-7,10-11,20-21H,8-9,12H2,1-3H3. The van der Waals surface area contributed by atoms with Gasteiger partial charge in [-0.05, 0) is 43.2 Å². The zero-order chi connectivity index (χ0) is 18.9. The number of methoxy groups -OCH3 is 1. The smallest absolute Gasteiger partial charge is 0.240 e. The van der Waals surface area contributed by atoms with E-state index in [-0.39, 0.29) is 11.4 Å². The lowest BCUT2D eigenvalue weighted by atomic mass is 9.88. The van der Waals surface area contributed by atoms with E-state index in [1.165, 1.54) is 0 Å². The van der Waals surface area contributed by atoms with E-state index in [0.717, 1.165) is 11.1 Å². The first-order valence-corrected chi connectivity index (χ1v) is 9.85. The van der Waals surface area contributed by atoms with Crippen LogP contribution in [0.1, 0.15) is 23.1 Å². The van der Waals surface area contributed by atoms with Gasteiger partial charge in [0.15, 0.2) is 0 Å². The van der Waals surface area contributed by atoms with Gasteiger partial charge in [-0.15, -0.1) is 0 Å². The van der Waals surface area contributed by atoms with Crippen LogP contribution in [0.25, 0.3) is 0 Å². The Labute approximate surface area is 153 Å². The maximum Gasteiger partial charge on any atom is 0.240 e. The van der Waals surface area contributed by atoms with Crippen molar-refractivity contribution in [2.24, 2.45) is 0 Å². The van der Waals surface area contributed by atoms with Crippen LogP contribution in [-0.2, 0) is 15.6 Å². The molecule has 0 spiro atoms. The van der Waals surface area contributed by atoms with E-state index in [4.69, 9.17) is 9.47 Å². The Morgan fingerprint density at radius 3 is 2.54 bits per heavy atom. The minimum Gasteiger partial charge on any atom is -0.496 e. The molecule has 0 fully saturated rings. The number of nitrogens with one attached hydrogen (secondary N) is 1. The fourth-order valence-corrected chi connectivity index (χ4v) is 4.57. The average Bonchev–Trinajstić information content (AvgIpc) is 2.60. The molecule has 7 heteroatoms. The van der Waals surface area contributed by atoms with E-state index in [2.05, 4.69) is 4.72 Å². The molecule has 0 aliphatic carbocycles. The molecule has 140 valence electrons. The summed E-state index contributed by atoms with van der Waals surface area (Å²) in [5.41, 5.74) is 0.764. The minimum atomic E-state index is -3.78. The van der Waals surface area contributed by atoms with Crippen molar-refractivity contribution in [3.63, 3.8) is 0 Å². The maximum atomic E-state index is 12.7. The molecule has 1 atom stereocenters. The molecule has 2 aromatic carbocycles. The molecule has 6 nitrogen and oxygen atoms in total. The van der Waals surface area contributed by atoms with E-state index in [1.807, 2.05) is 6.07 Å². The summed E-state index contributed by atoms with van der Waals surface area (Å²) in [5, 5.41) is 11.0. The second kappa shape index (κ2) is 6.90. The second-order valence-corrected chi connectivity index (χ2v) is 8.31. The highest BCUT2D eigenvalue weighted by Crippen LogP contribution is 2.36. The normalized spacial score (nSPS) is 19.5. The minimum absolute atomic E-state index is 0.125. The molecule has 2 aromatic rings. The summed E-state index contributed by atoms with van der Waals surface area (Å²) >= 11 is 0. The molecule has 0 aromatic heterocycles. The molecular weight excluding hydrogens is 354 g/mol. The fourth-order valence-electron chi connectivity index (χ4n) is 3.31. The molecule has 1 heterocycles. The van der Waals surface area contributed by atoms with Gasteiger partial charge >= 0.3 is 0 Å². The number of aliphatic hydroxyl groups is 1. The van der Waals surface area contributed by atoms with Crippen molar-refractivity contribution in [2.45, 2.75) is 30.8 Å². The molecule has 3 rings (SSSR count). The Kier molecular flexibility index (Phi) is 4.96. The summed E-state index contributed by atoms with van der Waals surface area (Å²) in [5.74, 6) is 1.25. The van der Waals surface area contributed by atoms with Gasteiger partial charge in [0.2, 0.25) is 10.0 Å². The van der Waals surface area contributed by atoms with Crippen LogP contribution in [0.5, 0.6) is 11.5 Å². The van der Waals surface area contributed by atoms with Gasteiger partial charge < -0.3 is 14.6 Å². The second-order valence-electron chi connectivity index (χ2n) is 6.54. The molecule has 1 aliphatic heterocycles.